The number of hydrogen-bond donors (Lipinski definition) is 3. The molecule has 8 heteroatoms. The third-order valence-corrected chi connectivity index (χ3v) is 4.40. The summed E-state index contributed by atoms with van der Waals surface area (Å²) >= 11 is 5.95. The van der Waals surface area contributed by atoms with Crippen LogP contribution in [-0.4, -0.2) is 26.0 Å². The van der Waals surface area contributed by atoms with Gasteiger partial charge in [0, 0.05) is 16.9 Å². The van der Waals surface area contributed by atoms with Gasteiger partial charge in [0.2, 0.25) is 5.91 Å². The van der Waals surface area contributed by atoms with Crippen molar-refractivity contribution >= 4 is 34.2 Å². The number of amides is 1. The molecule has 0 aliphatic carbocycles. The first kappa shape index (κ1) is 18.9. The van der Waals surface area contributed by atoms with Crippen LogP contribution >= 0.6 is 11.6 Å². The largest absolute Gasteiger partial charge is 0.456 e. The van der Waals surface area contributed by atoms with E-state index in [9.17, 15) is 9.90 Å². The number of nitrogens with one attached hydrogen (secondary N) is 2. The van der Waals surface area contributed by atoms with Gasteiger partial charge in [-0.25, -0.2) is 4.98 Å². The van der Waals surface area contributed by atoms with Gasteiger partial charge in [-0.2, -0.15) is 0 Å². The standard InChI is InChI=1S/C21H17ClN4O3/c22-13-3-8-17-18(10-13)26-21(25-17)19(27)11-20(28)24-14-4-6-15(7-5-14)29-16-2-1-9-23-12-16/h1-10,12,19,27H,11H2,(H,24,28)(H,25,26)/t19-/m0/s1. The summed E-state index contributed by atoms with van der Waals surface area (Å²) in [5.41, 5.74) is 1.97. The summed E-state index contributed by atoms with van der Waals surface area (Å²) in [6.45, 7) is 0. The summed E-state index contributed by atoms with van der Waals surface area (Å²) in [7, 11) is 0. The number of imidazole rings is 1. The number of aromatic nitrogens is 3. The zero-order valence-electron chi connectivity index (χ0n) is 15.2. The van der Waals surface area contributed by atoms with Gasteiger partial charge >= 0.3 is 0 Å². The molecule has 4 aromatic rings. The fraction of sp³-hybridized carbons (Fsp3) is 0.0952. The zero-order chi connectivity index (χ0) is 20.2. The normalized spacial score (nSPS) is 11.9. The molecule has 0 saturated carbocycles. The van der Waals surface area contributed by atoms with E-state index in [1.165, 1.54) is 0 Å². The number of fused-ring (bicyclic) bond motifs is 1. The van der Waals surface area contributed by atoms with Crippen LogP contribution in [0.2, 0.25) is 5.02 Å². The Balaban J connectivity index is 1.36. The number of nitrogens with zero attached hydrogens (tertiary/aromatic N) is 2. The van der Waals surface area contributed by atoms with Crippen molar-refractivity contribution in [3.63, 3.8) is 0 Å². The number of carbonyl (C=O) groups is 1. The summed E-state index contributed by atoms with van der Waals surface area (Å²) in [6.07, 6.45) is 2.08. The number of aromatic amines is 1. The van der Waals surface area contributed by atoms with Crippen LogP contribution in [0.3, 0.4) is 0 Å². The van der Waals surface area contributed by atoms with Gasteiger partial charge in [-0.1, -0.05) is 11.6 Å². The Bertz CT molecular complexity index is 1130. The van der Waals surface area contributed by atoms with Crippen molar-refractivity contribution in [3.8, 4) is 11.5 Å². The molecule has 1 atom stereocenters. The maximum atomic E-state index is 12.3. The summed E-state index contributed by atoms with van der Waals surface area (Å²) in [6, 6.07) is 15.7. The molecule has 0 saturated heterocycles. The first-order valence-electron chi connectivity index (χ1n) is 8.88. The number of H-pyrrole nitrogens is 1. The topological polar surface area (TPSA) is 100 Å². The van der Waals surface area contributed by atoms with E-state index < -0.39 is 6.10 Å². The third kappa shape index (κ3) is 4.71. The van der Waals surface area contributed by atoms with Gasteiger partial charge in [0.15, 0.2) is 0 Å². The minimum absolute atomic E-state index is 0.137. The molecule has 0 aliphatic rings. The number of aliphatic hydroxyl groups excluding tert-OH is 1. The van der Waals surface area contributed by atoms with Gasteiger partial charge in [0.1, 0.15) is 23.4 Å². The lowest BCUT2D eigenvalue weighted by Crippen LogP contribution is -2.16. The Kier molecular flexibility index (Phi) is 5.41. The second-order valence-corrected chi connectivity index (χ2v) is 6.80. The van der Waals surface area contributed by atoms with Crippen LogP contribution in [0.15, 0.2) is 67.0 Å². The molecule has 0 bridgehead atoms. The highest BCUT2D eigenvalue weighted by Gasteiger charge is 2.17. The van der Waals surface area contributed by atoms with Crippen molar-refractivity contribution in [1.29, 1.82) is 0 Å². The second kappa shape index (κ2) is 8.30. The van der Waals surface area contributed by atoms with E-state index in [4.69, 9.17) is 16.3 Å². The molecule has 0 aliphatic heterocycles. The van der Waals surface area contributed by atoms with Gasteiger partial charge in [0.25, 0.3) is 0 Å². The molecule has 0 fully saturated rings. The molecule has 1 amide bonds. The summed E-state index contributed by atoms with van der Waals surface area (Å²) in [5.74, 6) is 1.23. The Hall–Kier alpha value is -3.42. The van der Waals surface area contributed by atoms with Crippen molar-refractivity contribution in [2.45, 2.75) is 12.5 Å². The van der Waals surface area contributed by atoms with E-state index >= 15 is 0 Å². The van der Waals surface area contributed by atoms with E-state index in [0.717, 1.165) is 0 Å². The highest BCUT2D eigenvalue weighted by molar-refractivity contribution is 6.31. The molecule has 2 aromatic heterocycles. The quantitative estimate of drug-likeness (QED) is 0.437. The minimum Gasteiger partial charge on any atom is -0.456 e. The second-order valence-electron chi connectivity index (χ2n) is 6.37. The van der Waals surface area contributed by atoms with Crippen LogP contribution in [0.1, 0.15) is 18.3 Å². The number of aliphatic hydroxyl groups is 1. The van der Waals surface area contributed by atoms with Gasteiger partial charge in [-0.15, -0.1) is 0 Å². The van der Waals surface area contributed by atoms with Crippen molar-refractivity contribution < 1.29 is 14.6 Å². The average Bonchev–Trinajstić information content (AvgIpc) is 3.13. The van der Waals surface area contributed by atoms with E-state index in [-0.39, 0.29) is 12.3 Å². The maximum Gasteiger partial charge on any atom is 0.227 e. The van der Waals surface area contributed by atoms with E-state index in [1.54, 1.807) is 67.0 Å². The molecule has 0 unspecified atom stereocenters. The van der Waals surface area contributed by atoms with E-state index in [0.29, 0.717) is 39.1 Å². The van der Waals surface area contributed by atoms with Crippen LogP contribution in [0, 0.1) is 0 Å². The van der Waals surface area contributed by atoms with Crippen LogP contribution in [-0.2, 0) is 4.79 Å². The number of hydrogen-bond acceptors (Lipinski definition) is 5. The SMILES string of the molecule is O=C(C[C@H](O)c1nc2ccc(Cl)cc2[nH]1)Nc1ccc(Oc2cccnc2)cc1. The van der Waals surface area contributed by atoms with Crippen molar-refractivity contribution in [2.75, 3.05) is 5.32 Å². The molecule has 7 nitrogen and oxygen atoms in total. The van der Waals surface area contributed by atoms with Gasteiger partial charge < -0.3 is 20.1 Å². The molecular weight excluding hydrogens is 392 g/mol. The van der Waals surface area contributed by atoms with Crippen molar-refractivity contribution in [2.24, 2.45) is 0 Å². The Morgan fingerprint density at radius 3 is 2.76 bits per heavy atom. The number of ether oxygens (including phenoxy) is 1. The highest BCUT2D eigenvalue weighted by Crippen LogP contribution is 2.24. The predicted molar refractivity (Wildman–Crippen MR) is 110 cm³/mol. The monoisotopic (exact) mass is 408 g/mol. The van der Waals surface area contributed by atoms with Crippen LogP contribution < -0.4 is 10.1 Å². The summed E-state index contributed by atoms with van der Waals surface area (Å²) in [5, 5.41) is 13.6. The Morgan fingerprint density at radius 1 is 1.17 bits per heavy atom. The molecular formula is C21H17ClN4O3. The van der Waals surface area contributed by atoms with E-state index in [2.05, 4.69) is 20.3 Å². The number of halogens is 1. The molecule has 2 aromatic carbocycles. The van der Waals surface area contributed by atoms with Gasteiger partial charge in [-0.3, -0.25) is 9.78 Å². The molecule has 2 heterocycles. The van der Waals surface area contributed by atoms with Crippen molar-refractivity contribution in [3.05, 3.63) is 77.8 Å². The fourth-order valence-electron chi connectivity index (χ4n) is 2.79. The Labute approximate surface area is 171 Å². The smallest absolute Gasteiger partial charge is 0.227 e. The minimum atomic E-state index is -1.06. The number of anilines is 1. The van der Waals surface area contributed by atoms with Crippen LogP contribution in [0.5, 0.6) is 11.5 Å². The third-order valence-electron chi connectivity index (χ3n) is 4.16. The molecule has 0 spiro atoms. The van der Waals surface area contributed by atoms with Crippen LogP contribution in [0.4, 0.5) is 5.69 Å². The number of carbonyl (C=O) groups excluding carboxylic acids is 1. The Morgan fingerprint density at radius 2 is 2.00 bits per heavy atom. The summed E-state index contributed by atoms with van der Waals surface area (Å²) in [4.78, 5) is 23.5. The fourth-order valence-corrected chi connectivity index (χ4v) is 2.97. The molecule has 0 radical (unpaired) electrons. The van der Waals surface area contributed by atoms with Crippen LogP contribution in [0.25, 0.3) is 11.0 Å². The average molecular weight is 409 g/mol. The zero-order valence-corrected chi connectivity index (χ0v) is 15.9. The molecule has 146 valence electrons. The first-order valence-corrected chi connectivity index (χ1v) is 9.26. The highest BCUT2D eigenvalue weighted by atomic mass is 35.5. The van der Waals surface area contributed by atoms with E-state index in [1.807, 2.05) is 0 Å². The molecule has 3 N–H and O–H groups in total. The number of benzene rings is 2. The first-order chi connectivity index (χ1) is 14.1. The number of pyridine rings is 1. The van der Waals surface area contributed by atoms with Gasteiger partial charge in [0.05, 0.1) is 23.7 Å². The lowest BCUT2D eigenvalue weighted by molar-refractivity contribution is -0.118. The predicted octanol–water partition coefficient (Wildman–Crippen LogP) is 4.47. The summed E-state index contributed by atoms with van der Waals surface area (Å²) < 4.78 is 5.66. The lowest BCUT2D eigenvalue weighted by Gasteiger charge is -2.10. The molecule has 4 rings (SSSR count). The number of rotatable bonds is 6. The maximum absolute atomic E-state index is 12.3. The lowest BCUT2D eigenvalue weighted by atomic mass is 10.2. The van der Waals surface area contributed by atoms with Crippen molar-refractivity contribution in [1.82, 2.24) is 15.0 Å². The molecule has 29 heavy (non-hydrogen) atoms. The van der Waals surface area contributed by atoms with Gasteiger partial charge in [-0.05, 0) is 54.6 Å².